The second-order valence-electron chi connectivity index (χ2n) is 1.46. The molecule has 0 aliphatic heterocycles. The number of nitrogens with zero attached hydrogens (tertiary/aromatic N) is 5. The van der Waals surface area contributed by atoms with Crippen LogP contribution in [-0.4, -0.2) is 21.8 Å². The Balaban J connectivity index is 0.000000810. The van der Waals surface area contributed by atoms with Crippen LogP contribution < -0.4 is 0 Å². The van der Waals surface area contributed by atoms with E-state index in [1.807, 2.05) is 0 Å². The molecule has 5 nitrogen and oxygen atoms in total. The Kier molecular flexibility index (Phi) is 4.56. The Bertz CT molecular complexity index is 217. The molecule has 0 amide bonds. The van der Waals surface area contributed by atoms with Crippen LogP contribution in [0.1, 0.15) is 0 Å². The van der Waals surface area contributed by atoms with E-state index in [4.69, 9.17) is 0 Å². The molecule has 10 heavy (non-hydrogen) atoms. The zero-order chi connectivity index (χ0) is 6.69. The number of hydrogen-bond donors (Lipinski definition) is 0. The van der Waals surface area contributed by atoms with E-state index in [1.165, 1.54) is 0 Å². The Morgan fingerprint density at radius 3 is 2.70 bits per heavy atom. The van der Waals surface area contributed by atoms with Gasteiger partial charge in [0.1, 0.15) is 5.95 Å². The molecule has 0 aliphatic carbocycles. The molecule has 0 saturated carbocycles. The monoisotopic (exact) mass is 213 g/mol. The van der Waals surface area contributed by atoms with Crippen molar-refractivity contribution in [1.29, 1.82) is 0 Å². The summed E-state index contributed by atoms with van der Waals surface area (Å²) < 4.78 is 1.56. The van der Waals surface area contributed by atoms with E-state index in [9.17, 15) is 0 Å². The van der Waals surface area contributed by atoms with Crippen LogP contribution >= 0.6 is 0 Å². The first kappa shape index (κ1) is 9.84. The summed E-state index contributed by atoms with van der Waals surface area (Å²) in [7, 11) is 3.33. The Morgan fingerprint density at radius 1 is 1.60 bits per heavy atom. The van der Waals surface area contributed by atoms with Gasteiger partial charge in [0.15, 0.2) is 0 Å². The van der Waals surface area contributed by atoms with Gasteiger partial charge in [-0.05, 0) is 13.4 Å². The van der Waals surface area contributed by atoms with Gasteiger partial charge in [-0.1, -0.05) is 0 Å². The van der Waals surface area contributed by atoms with Gasteiger partial charge in [0.05, 0.1) is 0 Å². The topological polar surface area (TPSA) is 55.4 Å². The fraction of sp³-hybridized carbons (Fsp3) is 0.500. The molecule has 0 saturated heterocycles. The Hall–Kier alpha value is -0.156. The molecular formula is C4H6N5Y+2. The third kappa shape index (κ3) is 2.23. The van der Waals surface area contributed by atoms with Gasteiger partial charge in [-0.25, -0.2) is 15.3 Å². The molecule has 0 bridgehead atoms. The molecule has 1 rings (SSSR count). The number of hydrogen-bond acceptors (Lipinski definition) is 4. The average Bonchev–Trinajstić information content (AvgIpc) is 2.18. The maximum atomic E-state index is 3.65. The first-order chi connectivity index (χ1) is 4.34. The minimum atomic E-state index is 0. The Labute approximate surface area is 83.8 Å². The zero-order valence-corrected chi connectivity index (χ0v) is 8.65. The van der Waals surface area contributed by atoms with Gasteiger partial charge < -0.3 is 4.57 Å². The van der Waals surface area contributed by atoms with Crippen molar-refractivity contribution in [3.63, 3.8) is 0 Å². The van der Waals surface area contributed by atoms with Gasteiger partial charge in [-0.15, -0.1) is 0 Å². The average molecular weight is 213 g/mol. The number of rotatable bonds is 1. The van der Waals surface area contributed by atoms with Gasteiger partial charge >= 0.3 is 32.7 Å². The number of azo groups is 1. The van der Waals surface area contributed by atoms with Crippen LogP contribution in [0.15, 0.2) is 10.2 Å². The van der Waals surface area contributed by atoms with Crippen molar-refractivity contribution < 1.29 is 32.7 Å². The molecule has 1 aromatic heterocycles. The van der Waals surface area contributed by atoms with Gasteiger partial charge in [-0.3, -0.25) is 5.10 Å². The predicted molar refractivity (Wildman–Crippen MR) is 30.3 cm³/mol. The van der Waals surface area contributed by atoms with E-state index < -0.39 is 0 Å². The molecule has 0 aliphatic rings. The SMILES string of the molecule is CN=Nc1nn[c-]n1C.[Y+3]. The maximum Gasteiger partial charge on any atom is 3.00 e. The molecule has 0 fully saturated rings. The minimum Gasteiger partial charge on any atom is -0.463 e. The van der Waals surface area contributed by atoms with Crippen molar-refractivity contribution in [3.05, 3.63) is 6.33 Å². The fourth-order valence-electron chi connectivity index (χ4n) is 0.422. The van der Waals surface area contributed by atoms with E-state index >= 15 is 0 Å². The smallest absolute Gasteiger partial charge is 0.463 e. The molecular weight excluding hydrogens is 207 g/mol. The van der Waals surface area contributed by atoms with Crippen LogP contribution in [0.3, 0.4) is 0 Å². The van der Waals surface area contributed by atoms with E-state index in [0.29, 0.717) is 5.95 Å². The van der Waals surface area contributed by atoms with Crippen LogP contribution in [0.2, 0.25) is 0 Å². The van der Waals surface area contributed by atoms with Crippen LogP contribution in [0.4, 0.5) is 5.95 Å². The molecule has 0 atom stereocenters. The predicted octanol–water partition coefficient (Wildman–Crippen LogP) is 0.326. The molecule has 6 heteroatoms. The van der Waals surface area contributed by atoms with E-state index in [1.54, 1.807) is 18.7 Å². The second-order valence-corrected chi connectivity index (χ2v) is 1.46. The molecule has 0 N–H and O–H groups in total. The Morgan fingerprint density at radius 2 is 2.30 bits per heavy atom. The van der Waals surface area contributed by atoms with Gasteiger partial charge in [-0.2, -0.15) is 0 Å². The zero-order valence-electron chi connectivity index (χ0n) is 5.81. The summed E-state index contributed by atoms with van der Waals surface area (Å²) in [6, 6.07) is 0. The van der Waals surface area contributed by atoms with E-state index in [2.05, 4.69) is 26.8 Å². The third-order valence-electron chi connectivity index (χ3n) is 0.824. The third-order valence-corrected chi connectivity index (χ3v) is 0.824. The summed E-state index contributed by atoms with van der Waals surface area (Å²) >= 11 is 0. The van der Waals surface area contributed by atoms with Crippen LogP contribution in [0.5, 0.6) is 0 Å². The van der Waals surface area contributed by atoms with Crippen molar-refractivity contribution >= 4 is 5.95 Å². The largest absolute Gasteiger partial charge is 3.00 e. The van der Waals surface area contributed by atoms with Gasteiger partial charge in [0.25, 0.3) is 0 Å². The molecule has 1 heterocycles. The first-order valence-electron chi connectivity index (χ1n) is 2.41. The number of aryl methyl sites for hydroxylation is 1. The van der Waals surface area contributed by atoms with Crippen LogP contribution in [0.25, 0.3) is 0 Å². The summed E-state index contributed by atoms with van der Waals surface area (Å²) in [6.07, 6.45) is 2.56. The molecule has 0 radical (unpaired) electrons. The standard InChI is InChI=1S/C4H6N5.Y/c1-5-7-4-8-6-3-9(4)2;/h1-2H3;/q-1;+3. The van der Waals surface area contributed by atoms with E-state index in [-0.39, 0.29) is 32.7 Å². The van der Waals surface area contributed by atoms with Gasteiger partial charge in [0.2, 0.25) is 0 Å². The van der Waals surface area contributed by atoms with Crippen molar-refractivity contribution in [2.75, 3.05) is 7.05 Å². The normalized spacial score (nSPS) is 9.80. The summed E-state index contributed by atoms with van der Waals surface area (Å²) in [5.41, 5.74) is 0. The molecule has 48 valence electrons. The fourth-order valence-corrected chi connectivity index (χ4v) is 0.422. The van der Waals surface area contributed by atoms with Crippen molar-refractivity contribution in [2.24, 2.45) is 17.3 Å². The summed E-state index contributed by atoms with van der Waals surface area (Å²) in [4.78, 5) is 0. The van der Waals surface area contributed by atoms with Gasteiger partial charge in [0, 0.05) is 7.05 Å². The van der Waals surface area contributed by atoms with Crippen LogP contribution in [0, 0.1) is 6.33 Å². The van der Waals surface area contributed by atoms with E-state index in [0.717, 1.165) is 0 Å². The number of aromatic nitrogens is 3. The van der Waals surface area contributed by atoms with Crippen molar-refractivity contribution in [2.45, 2.75) is 0 Å². The van der Waals surface area contributed by atoms with Crippen LogP contribution in [-0.2, 0) is 39.8 Å². The minimum absolute atomic E-state index is 0. The molecule has 0 aromatic carbocycles. The summed E-state index contributed by atoms with van der Waals surface area (Å²) in [5.74, 6) is 0.470. The molecule has 0 unspecified atom stereocenters. The molecule has 1 aromatic rings. The summed E-state index contributed by atoms with van der Waals surface area (Å²) in [5, 5.41) is 14.2. The quantitative estimate of drug-likeness (QED) is 0.498. The second kappa shape index (κ2) is 4.63. The van der Waals surface area contributed by atoms with Crippen molar-refractivity contribution in [1.82, 2.24) is 14.8 Å². The first-order valence-corrected chi connectivity index (χ1v) is 2.41. The molecule has 0 spiro atoms. The maximum absolute atomic E-state index is 3.65. The summed E-state index contributed by atoms with van der Waals surface area (Å²) in [6.45, 7) is 0. The van der Waals surface area contributed by atoms with Crippen molar-refractivity contribution in [3.8, 4) is 0 Å².